The summed E-state index contributed by atoms with van der Waals surface area (Å²) < 4.78 is 2.70. The average molecular weight is 348 g/mol. The minimum Gasteiger partial charge on any atom is -0.481 e. The van der Waals surface area contributed by atoms with E-state index >= 15 is 0 Å². The van der Waals surface area contributed by atoms with Gasteiger partial charge in [-0.3, -0.25) is 9.59 Å². The highest BCUT2D eigenvalue weighted by molar-refractivity contribution is 9.10. The smallest absolute Gasteiger partial charge is 0.312 e. The van der Waals surface area contributed by atoms with Crippen molar-refractivity contribution >= 4 is 27.7 Å². The monoisotopic (exact) mass is 347 g/mol. The third-order valence-electron chi connectivity index (χ3n) is 3.86. The Morgan fingerprint density at radius 3 is 2.76 bits per heavy atom. The molecule has 0 fully saturated rings. The van der Waals surface area contributed by atoms with Crippen molar-refractivity contribution in [1.82, 2.24) is 4.57 Å². The fourth-order valence-electron chi connectivity index (χ4n) is 2.86. The van der Waals surface area contributed by atoms with Gasteiger partial charge in [-0.2, -0.15) is 0 Å². The van der Waals surface area contributed by atoms with Crippen LogP contribution in [0.25, 0.3) is 0 Å². The zero-order valence-electron chi connectivity index (χ0n) is 11.3. The predicted octanol–water partition coefficient (Wildman–Crippen LogP) is 3.44. The van der Waals surface area contributed by atoms with Gasteiger partial charge in [0.05, 0.1) is 11.6 Å². The largest absolute Gasteiger partial charge is 0.481 e. The molecular weight excluding hydrogens is 334 g/mol. The van der Waals surface area contributed by atoms with E-state index in [0.717, 1.165) is 16.6 Å². The van der Waals surface area contributed by atoms with Gasteiger partial charge >= 0.3 is 5.97 Å². The van der Waals surface area contributed by atoms with Crippen LogP contribution in [0.3, 0.4) is 0 Å². The number of rotatable bonds is 3. The number of hydrogen-bond acceptors (Lipinski definition) is 2. The van der Waals surface area contributed by atoms with Crippen LogP contribution in [0.5, 0.6) is 0 Å². The zero-order valence-corrected chi connectivity index (χ0v) is 12.8. The van der Waals surface area contributed by atoms with Crippen molar-refractivity contribution in [2.75, 3.05) is 0 Å². The average Bonchev–Trinajstić information content (AvgIpc) is 2.90. The summed E-state index contributed by atoms with van der Waals surface area (Å²) in [6.07, 6.45) is 1.40. The van der Waals surface area contributed by atoms with Crippen molar-refractivity contribution in [3.8, 4) is 0 Å². The molecular formula is C16H14BrNO3. The Balaban J connectivity index is 2.01. The maximum atomic E-state index is 12.6. The maximum Gasteiger partial charge on any atom is 0.312 e. The Bertz CT molecular complexity index is 720. The summed E-state index contributed by atoms with van der Waals surface area (Å²) in [5, 5.41) is 9.28. The lowest BCUT2D eigenvalue weighted by Gasteiger charge is -2.23. The number of carbonyl (C=O) groups excluding carboxylic acids is 1. The molecule has 0 radical (unpaired) electrons. The maximum absolute atomic E-state index is 12.6. The second-order valence-corrected chi connectivity index (χ2v) is 6.08. The molecule has 0 saturated heterocycles. The van der Waals surface area contributed by atoms with Gasteiger partial charge in [-0.1, -0.05) is 28.1 Å². The van der Waals surface area contributed by atoms with E-state index in [1.807, 2.05) is 16.7 Å². The topological polar surface area (TPSA) is 59.3 Å². The Hall–Kier alpha value is -1.88. The normalized spacial score (nSPS) is 17.3. The molecule has 1 aromatic carbocycles. The van der Waals surface area contributed by atoms with E-state index in [9.17, 15) is 14.7 Å². The van der Waals surface area contributed by atoms with Crippen molar-refractivity contribution < 1.29 is 14.7 Å². The fourth-order valence-corrected chi connectivity index (χ4v) is 3.26. The number of carboxylic acids is 1. The van der Waals surface area contributed by atoms with Crippen LogP contribution in [0, 0.1) is 0 Å². The molecule has 0 bridgehead atoms. The lowest BCUT2D eigenvalue weighted by molar-refractivity contribution is -0.139. The summed E-state index contributed by atoms with van der Waals surface area (Å²) in [7, 11) is 0. The molecule has 2 aromatic rings. The number of halogens is 1. The molecule has 0 amide bonds. The van der Waals surface area contributed by atoms with E-state index < -0.39 is 11.9 Å². The van der Waals surface area contributed by atoms with E-state index in [2.05, 4.69) is 15.9 Å². The minimum atomic E-state index is -0.824. The highest BCUT2D eigenvalue weighted by Gasteiger charge is 2.29. The Morgan fingerprint density at radius 1 is 1.24 bits per heavy atom. The Labute approximate surface area is 130 Å². The third-order valence-corrected chi connectivity index (χ3v) is 4.36. The molecule has 1 aromatic heterocycles. The summed E-state index contributed by atoms with van der Waals surface area (Å²) in [5.74, 6) is -1.41. The number of carbonyl (C=O) groups is 2. The summed E-state index contributed by atoms with van der Waals surface area (Å²) in [4.78, 5) is 23.9. The Morgan fingerprint density at radius 2 is 2.05 bits per heavy atom. The second kappa shape index (κ2) is 5.48. The number of ketones is 1. The number of carboxylic acid groups (broad SMARTS) is 1. The number of benzene rings is 1. The van der Waals surface area contributed by atoms with Crippen LogP contribution in [-0.2, 0) is 11.3 Å². The van der Waals surface area contributed by atoms with Crippen LogP contribution < -0.4 is 0 Å². The van der Waals surface area contributed by atoms with Gasteiger partial charge in [-0.25, -0.2) is 0 Å². The number of hydrogen-bond donors (Lipinski definition) is 1. The molecule has 0 saturated carbocycles. The first-order valence-corrected chi connectivity index (χ1v) is 7.59. The van der Waals surface area contributed by atoms with E-state index in [-0.39, 0.29) is 5.78 Å². The molecule has 1 aliphatic heterocycles. The van der Waals surface area contributed by atoms with Crippen LogP contribution in [0.1, 0.15) is 40.5 Å². The molecule has 0 aliphatic carbocycles. The first kappa shape index (κ1) is 14.1. The van der Waals surface area contributed by atoms with Gasteiger partial charge in [-0.15, -0.1) is 0 Å². The molecule has 1 unspecified atom stereocenters. The number of fused-ring (bicyclic) bond motifs is 1. The van der Waals surface area contributed by atoms with E-state index in [1.165, 1.54) is 0 Å². The van der Waals surface area contributed by atoms with Gasteiger partial charge < -0.3 is 9.67 Å². The molecule has 4 nitrogen and oxygen atoms in total. The summed E-state index contributed by atoms with van der Waals surface area (Å²) >= 11 is 3.36. The number of aromatic nitrogens is 1. The third kappa shape index (κ3) is 2.53. The van der Waals surface area contributed by atoms with Crippen molar-refractivity contribution in [3.63, 3.8) is 0 Å². The van der Waals surface area contributed by atoms with Crippen LogP contribution in [0.4, 0.5) is 0 Å². The highest BCUT2D eigenvalue weighted by atomic mass is 79.9. The first-order valence-electron chi connectivity index (χ1n) is 6.80. The van der Waals surface area contributed by atoms with E-state index in [1.54, 1.807) is 24.3 Å². The van der Waals surface area contributed by atoms with Crippen molar-refractivity contribution in [2.24, 2.45) is 0 Å². The number of nitrogens with zero attached hydrogens (tertiary/aromatic N) is 1. The second-order valence-electron chi connectivity index (χ2n) is 5.17. The fraction of sp³-hybridized carbons (Fsp3) is 0.250. The molecule has 5 heteroatoms. The van der Waals surface area contributed by atoms with Crippen molar-refractivity contribution in [2.45, 2.75) is 25.3 Å². The molecule has 21 heavy (non-hydrogen) atoms. The van der Waals surface area contributed by atoms with Gasteiger partial charge in [0.2, 0.25) is 5.78 Å². The molecule has 3 rings (SSSR count). The quantitative estimate of drug-likeness (QED) is 0.865. The van der Waals surface area contributed by atoms with Gasteiger partial charge in [-0.05, 0) is 37.1 Å². The molecule has 108 valence electrons. The first-order chi connectivity index (χ1) is 10.1. The highest BCUT2D eigenvalue weighted by Crippen LogP contribution is 2.30. The lowest BCUT2D eigenvalue weighted by Crippen LogP contribution is -2.23. The van der Waals surface area contributed by atoms with Crippen LogP contribution >= 0.6 is 15.9 Å². The SMILES string of the molecule is O=C(c1cccc(Br)c1)c1ccc2n1CCCC2C(=O)O. The lowest BCUT2D eigenvalue weighted by atomic mass is 9.96. The van der Waals surface area contributed by atoms with Gasteiger partial charge in [0.1, 0.15) is 0 Å². The van der Waals surface area contributed by atoms with Crippen LogP contribution in [0.2, 0.25) is 0 Å². The van der Waals surface area contributed by atoms with Crippen molar-refractivity contribution in [3.05, 3.63) is 57.8 Å². The summed E-state index contributed by atoms with van der Waals surface area (Å²) in [6.45, 7) is 0.696. The Kier molecular flexibility index (Phi) is 3.68. The molecule has 1 atom stereocenters. The number of aliphatic carboxylic acids is 1. The minimum absolute atomic E-state index is 0.0754. The summed E-state index contributed by atoms with van der Waals surface area (Å²) in [5.41, 5.74) is 1.89. The molecule has 1 aliphatic rings. The zero-order chi connectivity index (χ0) is 15.0. The molecule has 0 spiro atoms. The molecule has 2 heterocycles. The van der Waals surface area contributed by atoms with Crippen LogP contribution in [-0.4, -0.2) is 21.4 Å². The summed E-state index contributed by atoms with van der Waals surface area (Å²) in [6, 6.07) is 10.7. The standard InChI is InChI=1S/C16H14BrNO3/c17-11-4-1-3-10(9-11)15(19)14-7-6-13-12(16(20)21)5-2-8-18(13)14/h1,3-4,6-7,9,12H,2,5,8H2,(H,20,21). The van der Waals surface area contributed by atoms with Crippen molar-refractivity contribution in [1.29, 1.82) is 0 Å². The van der Waals surface area contributed by atoms with E-state index in [4.69, 9.17) is 0 Å². The van der Waals surface area contributed by atoms with Crippen LogP contribution in [0.15, 0.2) is 40.9 Å². The van der Waals surface area contributed by atoms with Gasteiger partial charge in [0.15, 0.2) is 0 Å². The van der Waals surface area contributed by atoms with Gasteiger partial charge in [0, 0.05) is 22.3 Å². The van der Waals surface area contributed by atoms with E-state index in [0.29, 0.717) is 24.2 Å². The van der Waals surface area contributed by atoms with Gasteiger partial charge in [0.25, 0.3) is 0 Å². The predicted molar refractivity (Wildman–Crippen MR) is 81.6 cm³/mol. The molecule has 1 N–H and O–H groups in total.